The first-order valence-electron chi connectivity index (χ1n) is 6.08. The Bertz CT molecular complexity index is 548. The molecule has 3 heterocycles. The molecule has 0 aromatic carbocycles. The van der Waals surface area contributed by atoms with Crippen LogP contribution in [0, 0.1) is 5.82 Å². The lowest BCUT2D eigenvalue weighted by Gasteiger charge is -2.23. The Kier molecular flexibility index (Phi) is 2.79. The quantitative estimate of drug-likeness (QED) is 0.874. The van der Waals surface area contributed by atoms with Gasteiger partial charge in [0.15, 0.2) is 11.6 Å². The molecule has 2 aromatic rings. The van der Waals surface area contributed by atoms with E-state index < -0.39 is 0 Å². The molecule has 1 unspecified atom stereocenters. The van der Waals surface area contributed by atoms with E-state index >= 15 is 0 Å². The molecular formula is C12H14FN5. The van der Waals surface area contributed by atoms with Crippen molar-refractivity contribution in [1.29, 1.82) is 0 Å². The minimum atomic E-state index is -0.342. The fraction of sp³-hybridized carbons (Fsp3) is 0.417. The summed E-state index contributed by atoms with van der Waals surface area (Å²) < 4.78 is 14.9. The Morgan fingerprint density at radius 2 is 2.33 bits per heavy atom. The van der Waals surface area contributed by atoms with Gasteiger partial charge < -0.3 is 9.88 Å². The van der Waals surface area contributed by atoms with Gasteiger partial charge in [-0.15, -0.1) is 10.2 Å². The molecule has 0 saturated heterocycles. The first-order valence-corrected chi connectivity index (χ1v) is 6.08. The van der Waals surface area contributed by atoms with Crippen LogP contribution in [0.1, 0.15) is 25.2 Å². The Morgan fingerprint density at radius 1 is 1.44 bits per heavy atom. The average Bonchev–Trinajstić information content (AvgIpc) is 2.83. The van der Waals surface area contributed by atoms with Crippen molar-refractivity contribution in [2.24, 2.45) is 0 Å². The van der Waals surface area contributed by atoms with Crippen LogP contribution in [0.2, 0.25) is 0 Å². The Morgan fingerprint density at radius 3 is 3.06 bits per heavy atom. The number of nitrogens with one attached hydrogen (secondary N) is 1. The van der Waals surface area contributed by atoms with Gasteiger partial charge in [0.05, 0.1) is 12.2 Å². The average molecular weight is 247 g/mol. The first kappa shape index (κ1) is 11.3. The molecule has 1 atom stereocenters. The van der Waals surface area contributed by atoms with Crippen LogP contribution >= 0.6 is 0 Å². The molecule has 0 bridgehead atoms. The van der Waals surface area contributed by atoms with E-state index in [9.17, 15) is 4.39 Å². The number of aromatic nitrogens is 4. The summed E-state index contributed by atoms with van der Waals surface area (Å²) in [6.07, 6.45) is 2.17. The van der Waals surface area contributed by atoms with Crippen LogP contribution in [0.3, 0.4) is 0 Å². The lowest BCUT2D eigenvalue weighted by Crippen LogP contribution is -2.33. The van der Waals surface area contributed by atoms with Gasteiger partial charge in [-0.2, -0.15) is 0 Å². The van der Waals surface area contributed by atoms with Crippen LogP contribution in [0.25, 0.3) is 11.5 Å². The third-order valence-electron chi connectivity index (χ3n) is 3.18. The molecule has 0 saturated carbocycles. The molecule has 3 rings (SSSR count). The van der Waals surface area contributed by atoms with E-state index in [0.29, 0.717) is 11.5 Å². The highest BCUT2D eigenvalue weighted by atomic mass is 19.1. The molecule has 0 radical (unpaired) electrons. The number of nitrogens with zero attached hydrogens (tertiary/aromatic N) is 4. The highest BCUT2D eigenvalue weighted by Gasteiger charge is 2.24. The maximum absolute atomic E-state index is 12.9. The summed E-state index contributed by atoms with van der Waals surface area (Å²) in [6.45, 7) is 3.81. The van der Waals surface area contributed by atoms with E-state index in [1.54, 1.807) is 6.07 Å². The van der Waals surface area contributed by atoms with E-state index in [-0.39, 0.29) is 11.9 Å². The van der Waals surface area contributed by atoms with Crippen molar-refractivity contribution in [3.8, 4) is 11.5 Å². The molecule has 0 fully saturated rings. The van der Waals surface area contributed by atoms with Crippen LogP contribution in [-0.4, -0.2) is 26.3 Å². The topological polar surface area (TPSA) is 55.6 Å². The van der Waals surface area contributed by atoms with Crippen LogP contribution in [0.15, 0.2) is 18.3 Å². The Balaban J connectivity index is 2.04. The van der Waals surface area contributed by atoms with Crippen molar-refractivity contribution in [1.82, 2.24) is 25.1 Å². The van der Waals surface area contributed by atoms with Gasteiger partial charge in [-0.3, -0.25) is 0 Å². The minimum Gasteiger partial charge on any atom is -0.307 e. The number of fused-ring (bicyclic) bond motifs is 1. The van der Waals surface area contributed by atoms with Gasteiger partial charge in [0, 0.05) is 13.1 Å². The van der Waals surface area contributed by atoms with Gasteiger partial charge in [0.1, 0.15) is 11.5 Å². The largest absolute Gasteiger partial charge is 0.307 e. The molecule has 1 N–H and O–H groups in total. The SMILES string of the molecule is CCC1NCCn2c(-c3ccc(F)cn3)nnc21. The summed E-state index contributed by atoms with van der Waals surface area (Å²) in [6, 6.07) is 3.26. The van der Waals surface area contributed by atoms with Crippen LogP contribution in [0.4, 0.5) is 4.39 Å². The lowest BCUT2D eigenvalue weighted by atomic mass is 10.2. The second kappa shape index (κ2) is 4.45. The van der Waals surface area contributed by atoms with Gasteiger partial charge in [-0.1, -0.05) is 6.92 Å². The molecule has 0 aliphatic carbocycles. The number of hydrogen-bond donors (Lipinski definition) is 1. The van der Waals surface area contributed by atoms with E-state index in [2.05, 4.69) is 32.0 Å². The van der Waals surface area contributed by atoms with Crippen molar-refractivity contribution in [2.75, 3.05) is 6.54 Å². The summed E-state index contributed by atoms with van der Waals surface area (Å²) in [5, 5.41) is 11.8. The van der Waals surface area contributed by atoms with E-state index in [4.69, 9.17) is 0 Å². The highest BCUT2D eigenvalue weighted by Crippen LogP contribution is 2.23. The minimum absolute atomic E-state index is 0.237. The summed E-state index contributed by atoms with van der Waals surface area (Å²) in [7, 11) is 0. The summed E-state index contributed by atoms with van der Waals surface area (Å²) in [5.41, 5.74) is 0.659. The second-order valence-corrected chi connectivity index (χ2v) is 4.31. The highest BCUT2D eigenvalue weighted by molar-refractivity contribution is 5.49. The van der Waals surface area contributed by atoms with Crippen LogP contribution < -0.4 is 5.32 Å². The standard InChI is InChI=1S/C12H14FN5/c1-2-9-11-16-17-12(18(11)6-5-14-9)10-4-3-8(13)7-15-10/h3-4,7,9,14H,2,5-6H2,1H3. The van der Waals surface area contributed by atoms with E-state index in [1.807, 2.05) is 0 Å². The normalized spacial score (nSPS) is 18.7. The van der Waals surface area contributed by atoms with Crippen LogP contribution in [0.5, 0.6) is 0 Å². The molecule has 2 aromatic heterocycles. The smallest absolute Gasteiger partial charge is 0.182 e. The van der Waals surface area contributed by atoms with Gasteiger partial charge >= 0.3 is 0 Å². The molecular weight excluding hydrogens is 233 g/mol. The lowest BCUT2D eigenvalue weighted by molar-refractivity contribution is 0.407. The summed E-state index contributed by atoms with van der Waals surface area (Å²) in [4.78, 5) is 4.06. The number of hydrogen-bond acceptors (Lipinski definition) is 4. The van der Waals surface area contributed by atoms with E-state index in [0.717, 1.165) is 25.3 Å². The van der Waals surface area contributed by atoms with Crippen LogP contribution in [-0.2, 0) is 6.54 Å². The van der Waals surface area contributed by atoms with Gasteiger partial charge in [0.25, 0.3) is 0 Å². The predicted octanol–water partition coefficient (Wildman–Crippen LogP) is 1.53. The van der Waals surface area contributed by atoms with Crippen molar-refractivity contribution in [3.05, 3.63) is 30.0 Å². The zero-order chi connectivity index (χ0) is 12.5. The Labute approximate surface area is 104 Å². The molecule has 94 valence electrons. The summed E-state index contributed by atoms with van der Waals surface area (Å²) >= 11 is 0. The number of pyridine rings is 1. The van der Waals surface area contributed by atoms with Crippen molar-refractivity contribution in [3.63, 3.8) is 0 Å². The zero-order valence-corrected chi connectivity index (χ0v) is 10.1. The third kappa shape index (κ3) is 1.78. The molecule has 1 aliphatic rings. The van der Waals surface area contributed by atoms with E-state index in [1.165, 1.54) is 12.3 Å². The molecule has 0 amide bonds. The first-order chi connectivity index (χ1) is 8.79. The maximum Gasteiger partial charge on any atom is 0.182 e. The molecule has 0 spiro atoms. The number of rotatable bonds is 2. The summed E-state index contributed by atoms with van der Waals surface area (Å²) in [5.74, 6) is 1.31. The fourth-order valence-electron chi connectivity index (χ4n) is 2.26. The maximum atomic E-state index is 12.9. The third-order valence-corrected chi connectivity index (χ3v) is 3.18. The van der Waals surface area contributed by atoms with Crippen molar-refractivity contribution in [2.45, 2.75) is 25.9 Å². The van der Waals surface area contributed by atoms with Gasteiger partial charge in [0.2, 0.25) is 0 Å². The Hall–Kier alpha value is -1.82. The number of halogens is 1. The zero-order valence-electron chi connectivity index (χ0n) is 10.1. The monoisotopic (exact) mass is 247 g/mol. The second-order valence-electron chi connectivity index (χ2n) is 4.31. The molecule has 18 heavy (non-hydrogen) atoms. The van der Waals surface area contributed by atoms with Gasteiger partial charge in [-0.05, 0) is 18.6 Å². The fourth-order valence-corrected chi connectivity index (χ4v) is 2.26. The van der Waals surface area contributed by atoms with Crippen molar-refractivity contribution >= 4 is 0 Å². The molecule has 1 aliphatic heterocycles. The predicted molar refractivity (Wildman–Crippen MR) is 64.2 cm³/mol. The molecule has 6 heteroatoms. The molecule has 5 nitrogen and oxygen atoms in total. The van der Waals surface area contributed by atoms with Gasteiger partial charge in [-0.25, -0.2) is 9.37 Å². The van der Waals surface area contributed by atoms with Crippen molar-refractivity contribution < 1.29 is 4.39 Å².